The molecule has 2 aliphatic rings. The van der Waals surface area contributed by atoms with Crippen molar-refractivity contribution in [2.45, 2.75) is 63.0 Å². The monoisotopic (exact) mass is 420 g/mol. The van der Waals surface area contributed by atoms with Gasteiger partial charge in [-0.15, -0.1) is 0 Å². The summed E-state index contributed by atoms with van der Waals surface area (Å²) < 4.78 is 21.7. The topological polar surface area (TPSA) is 119 Å². The van der Waals surface area contributed by atoms with Crippen molar-refractivity contribution in [1.29, 1.82) is 0 Å². The van der Waals surface area contributed by atoms with Crippen molar-refractivity contribution in [3.8, 4) is 5.75 Å². The standard InChI is InChI=1S/C22H28O8/c1-13-14(28-16(23)12-15(13)27-5)10-8-6-7-9-11-20(2)17(24)21(3)18(25)22(4,30-20)19(26)29-21/h6-12,17-19,24-26H,1-5H3/b7-6+,10-8+,11-9+/t17-,18+,19+,20-,21+,22-/m1/s1. The molecule has 1 aromatic rings. The normalized spacial score (nSPS) is 38.9. The van der Waals surface area contributed by atoms with Crippen LogP contribution in [0.25, 0.3) is 6.08 Å². The Balaban J connectivity index is 1.74. The van der Waals surface area contributed by atoms with Gasteiger partial charge in [-0.2, -0.15) is 0 Å². The van der Waals surface area contributed by atoms with E-state index >= 15 is 0 Å². The number of methoxy groups -OCH3 is 1. The molecule has 6 atom stereocenters. The van der Waals surface area contributed by atoms with Crippen molar-refractivity contribution >= 4 is 6.08 Å². The molecule has 2 aliphatic heterocycles. The quantitative estimate of drug-likeness (QED) is 0.613. The summed E-state index contributed by atoms with van der Waals surface area (Å²) in [5, 5.41) is 31.4. The van der Waals surface area contributed by atoms with Gasteiger partial charge in [-0.05, 0) is 33.8 Å². The number of allylic oxidation sites excluding steroid dienone is 4. The molecule has 3 heterocycles. The molecule has 0 radical (unpaired) electrons. The lowest BCUT2D eigenvalue weighted by Crippen LogP contribution is -2.69. The van der Waals surface area contributed by atoms with Crippen molar-refractivity contribution < 1.29 is 33.9 Å². The van der Waals surface area contributed by atoms with Crippen LogP contribution >= 0.6 is 0 Å². The first-order valence-electron chi connectivity index (χ1n) is 9.61. The van der Waals surface area contributed by atoms with E-state index in [-0.39, 0.29) is 0 Å². The van der Waals surface area contributed by atoms with E-state index < -0.39 is 40.9 Å². The van der Waals surface area contributed by atoms with Crippen LogP contribution in [0, 0.1) is 6.92 Å². The number of rotatable bonds is 5. The molecule has 0 spiro atoms. The highest BCUT2D eigenvalue weighted by Gasteiger charge is 2.71. The molecular weight excluding hydrogens is 392 g/mol. The molecule has 164 valence electrons. The molecule has 0 saturated carbocycles. The lowest BCUT2D eigenvalue weighted by molar-refractivity contribution is -0.264. The Bertz CT molecular complexity index is 947. The zero-order valence-electron chi connectivity index (χ0n) is 17.7. The van der Waals surface area contributed by atoms with E-state index in [1.54, 1.807) is 64.2 Å². The molecule has 0 aromatic carbocycles. The maximum atomic E-state index is 11.6. The first-order valence-corrected chi connectivity index (χ1v) is 9.61. The molecule has 2 bridgehead atoms. The number of hydrogen-bond acceptors (Lipinski definition) is 8. The van der Waals surface area contributed by atoms with Crippen LogP contribution in [0.4, 0.5) is 0 Å². The summed E-state index contributed by atoms with van der Waals surface area (Å²) in [4.78, 5) is 11.6. The van der Waals surface area contributed by atoms with E-state index in [0.717, 1.165) is 0 Å². The number of fused-ring (bicyclic) bond motifs is 2. The maximum absolute atomic E-state index is 11.6. The fraction of sp³-hybridized carbons (Fsp3) is 0.500. The highest BCUT2D eigenvalue weighted by molar-refractivity contribution is 5.52. The molecule has 3 rings (SSSR count). The number of hydrogen-bond donors (Lipinski definition) is 3. The van der Waals surface area contributed by atoms with Crippen molar-refractivity contribution in [2.24, 2.45) is 0 Å². The van der Waals surface area contributed by atoms with E-state index in [1.807, 2.05) is 0 Å². The van der Waals surface area contributed by atoms with Crippen molar-refractivity contribution in [2.75, 3.05) is 7.11 Å². The molecule has 30 heavy (non-hydrogen) atoms. The van der Waals surface area contributed by atoms with Gasteiger partial charge in [0.2, 0.25) is 0 Å². The Morgan fingerprint density at radius 1 is 1.03 bits per heavy atom. The zero-order chi connectivity index (χ0) is 22.3. The van der Waals surface area contributed by atoms with Crippen molar-refractivity contribution in [3.05, 3.63) is 58.2 Å². The van der Waals surface area contributed by atoms with Crippen LogP contribution in [0.2, 0.25) is 0 Å². The molecule has 2 fully saturated rings. The smallest absolute Gasteiger partial charge is 0.339 e. The summed E-state index contributed by atoms with van der Waals surface area (Å²) in [6.45, 7) is 6.55. The summed E-state index contributed by atoms with van der Waals surface area (Å²) in [7, 11) is 1.48. The van der Waals surface area contributed by atoms with E-state index in [1.165, 1.54) is 13.2 Å². The first kappa shape index (κ1) is 22.5. The second-order valence-corrected chi connectivity index (χ2v) is 8.16. The van der Waals surface area contributed by atoms with Gasteiger partial charge in [0.1, 0.15) is 40.5 Å². The Morgan fingerprint density at radius 2 is 1.70 bits per heavy atom. The highest BCUT2D eigenvalue weighted by atomic mass is 16.7. The fourth-order valence-corrected chi connectivity index (χ4v) is 4.11. The minimum absolute atomic E-state index is 0.392. The summed E-state index contributed by atoms with van der Waals surface area (Å²) in [5.74, 6) is 0.845. The fourth-order valence-electron chi connectivity index (χ4n) is 4.11. The first-order chi connectivity index (χ1) is 14.0. The lowest BCUT2D eigenvalue weighted by Gasteiger charge is -2.50. The Labute approximate surface area is 174 Å². The minimum Gasteiger partial charge on any atom is -0.496 e. The third-order valence-corrected chi connectivity index (χ3v) is 5.89. The van der Waals surface area contributed by atoms with Gasteiger partial charge in [0.05, 0.1) is 13.2 Å². The minimum atomic E-state index is -1.36. The van der Waals surface area contributed by atoms with Gasteiger partial charge < -0.3 is 33.9 Å². The van der Waals surface area contributed by atoms with Crippen LogP contribution < -0.4 is 10.4 Å². The number of aliphatic hydroxyl groups is 3. The predicted molar refractivity (Wildman–Crippen MR) is 109 cm³/mol. The van der Waals surface area contributed by atoms with Gasteiger partial charge >= 0.3 is 5.63 Å². The summed E-state index contributed by atoms with van der Waals surface area (Å²) >= 11 is 0. The largest absolute Gasteiger partial charge is 0.496 e. The highest BCUT2D eigenvalue weighted by Crippen LogP contribution is 2.51. The van der Waals surface area contributed by atoms with E-state index in [4.69, 9.17) is 18.6 Å². The van der Waals surface area contributed by atoms with Crippen LogP contribution in [0.1, 0.15) is 32.1 Å². The Hall–Kier alpha value is -2.23. The molecule has 3 N–H and O–H groups in total. The molecule has 0 aliphatic carbocycles. The summed E-state index contributed by atoms with van der Waals surface area (Å²) in [6, 6.07) is 1.28. The van der Waals surface area contributed by atoms with Gasteiger partial charge in [0, 0.05) is 5.56 Å². The van der Waals surface area contributed by atoms with E-state index in [0.29, 0.717) is 17.1 Å². The van der Waals surface area contributed by atoms with E-state index in [2.05, 4.69) is 0 Å². The summed E-state index contributed by atoms with van der Waals surface area (Å²) in [5.41, 5.74) is -3.71. The SMILES string of the molecule is COc1cc(=O)oc(/C=C/C=C/C=C/[C@@]2(C)O[C@]3(C)[C@@H](O)[C@@](C)(O[C@@H]3O)[C@@H]2O)c1C. The van der Waals surface area contributed by atoms with Gasteiger partial charge in [0.25, 0.3) is 0 Å². The summed E-state index contributed by atoms with van der Waals surface area (Å²) in [6.07, 6.45) is 6.32. The molecule has 1 aromatic heterocycles. The number of aliphatic hydroxyl groups excluding tert-OH is 3. The third kappa shape index (κ3) is 3.55. The van der Waals surface area contributed by atoms with Crippen LogP contribution in [-0.2, 0) is 9.47 Å². The zero-order valence-corrected chi connectivity index (χ0v) is 17.7. The van der Waals surface area contributed by atoms with Crippen LogP contribution in [0.5, 0.6) is 5.75 Å². The van der Waals surface area contributed by atoms with Gasteiger partial charge in [0.15, 0.2) is 6.29 Å². The van der Waals surface area contributed by atoms with Crippen LogP contribution in [-0.4, -0.2) is 57.7 Å². The van der Waals surface area contributed by atoms with Gasteiger partial charge in [-0.3, -0.25) is 0 Å². The molecule has 0 unspecified atom stereocenters. The maximum Gasteiger partial charge on any atom is 0.339 e. The van der Waals surface area contributed by atoms with Crippen molar-refractivity contribution in [3.63, 3.8) is 0 Å². The Kier molecular flexibility index (Phi) is 5.83. The number of ether oxygens (including phenoxy) is 3. The predicted octanol–water partition coefficient (Wildman–Crippen LogP) is 1.46. The lowest BCUT2D eigenvalue weighted by atomic mass is 9.74. The third-order valence-electron chi connectivity index (χ3n) is 5.89. The van der Waals surface area contributed by atoms with Gasteiger partial charge in [-0.1, -0.05) is 30.4 Å². The molecule has 0 amide bonds. The average molecular weight is 420 g/mol. The molecule has 2 saturated heterocycles. The van der Waals surface area contributed by atoms with Crippen LogP contribution in [0.15, 0.2) is 45.7 Å². The average Bonchev–Trinajstić information content (AvgIpc) is 2.82. The van der Waals surface area contributed by atoms with E-state index in [9.17, 15) is 20.1 Å². The Morgan fingerprint density at radius 3 is 2.37 bits per heavy atom. The molecular formula is C22H28O8. The van der Waals surface area contributed by atoms with Crippen LogP contribution in [0.3, 0.4) is 0 Å². The second-order valence-electron chi connectivity index (χ2n) is 8.16. The second kappa shape index (κ2) is 7.79. The van der Waals surface area contributed by atoms with Crippen molar-refractivity contribution in [1.82, 2.24) is 0 Å². The molecule has 8 nitrogen and oxygen atoms in total. The molecule has 8 heteroatoms. The van der Waals surface area contributed by atoms with Gasteiger partial charge in [-0.25, -0.2) is 4.79 Å².